The fraction of sp³-hybridized carbons (Fsp3) is 0.387. The molecular weight excluding hydrogens is 474 g/mol. The third-order valence-corrected chi connectivity index (χ3v) is 7.81. The molecule has 2 aromatic heterocycles. The van der Waals surface area contributed by atoms with Crippen molar-refractivity contribution in [2.24, 2.45) is 17.8 Å². The largest absolute Gasteiger partial charge is 0.459 e. The van der Waals surface area contributed by atoms with Gasteiger partial charge in [-0.1, -0.05) is 45.0 Å². The van der Waals surface area contributed by atoms with Gasteiger partial charge in [-0.3, -0.25) is 9.61 Å². The second-order valence-electron chi connectivity index (χ2n) is 11.1. The van der Waals surface area contributed by atoms with Crippen LogP contribution in [-0.4, -0.2) is 26.7 Å². The number of carbonyl (C=O) groups is 1. The van der Waals surface area contributed by atoms with E-state index in [0.29, 0.717) is 17.4 Å². The molecule has 1 fully saturated rings. The Morgan fingerprint density at radius 1 is 1.05 bits per heavy atom. The van der Waals surface area contributed by atoms with E-state index in [4.69, 9.17) is 16.3 Å². The highest BCUT2D eigenvalue weighted by molar-refractivity contribution is 6.03. The first kappa shape index (κ1) is 25.6. The molecule has 2 aromatic carbocycles. The van der Waals surface area contributed by atoms with Crippen LogP contribution in [0.4, 0.5) is 17.1 Å². The average Bonchev–Trinajstić information content (AvgIpc) is 3.42. The number of H-pyrrole nitrogens is 1. The number of esters is 1. The van der Waals surface area contributed by atoms with Crippen LogP contribution >= 0.6 is 0 Å². The summed E-state index contributed by atoms with van der Waals surface area (Å²) in [6.45, 7) is 20.4. The van der Waals surface area contributed by atoms with Crippen LogP contribution in [0.3, 0.4) is 0 Å². The molecule has 5 rings (SSSR count). The van der Waals surface area contributed by atoms with Gasteiger partial charge in [0.05, 0.1) is 6.57 Å². The van der Waals surface area contributed by atoms with Crippen molar-refractivity contribution in [1.29, 1.82) is 0 Å². The van der Waals surface area contributed by atoms with Gasteiger partial charge in [0.15, 0.2) is 11.5 Å². The standard InChI is InChI=1S/C31H35N5O2/c1-17-8-9-19(3)24(14-17)33-25-15-23(11-10-20(25)4)29-34-30-27(26(32-7)16-36(30)35-29)31(37)38-28-21(5)12-18(2)13-22(28)6/h8-11,14-16,18,21-22,28,33H,12-13H2,1-6H3,(H,34,35). The Balaban J connectivity index is 1.47. The van der Waals surface area contributed by atoms with Gasteiger partial charge in [-0.2, -0.15) is 0 Å². The molecule has 38 heavy (non-hydrogen) atoms. The number of hydrogen-bond donors (Lipinski definition) is 2. The number of fused-ring (bicyclic) bond motifs is 1. The summed E-state index contributed by atoms with van der Waals surface area (Å²) in [5.41, 5.74) is 7.25. The van der Waals surface area contributed by atoms with Crippen LogP contribution in [-0.2, 0) is 4.74 Å². The number of carbonyl (C=O) groups excluding carboxylic acids is 1. The Kier molecular flexibility index (Phi) is 6.75. The number of hydrogen-bond acceptors (Lipinski definition) is 4. The van der Waals surface area contributed by atoms with E-state index in [9.17, 15) is 4.79 Å². The molecule has 1 aliphatic carbocycles. The molecule has 7 nitrogen and oxygen atoms in total. The van der Waals surface area contributed by atoms with E-state index >= 15 is 0 Å². The zero-order valence-electron chi connectivity index (χ0n) is 22.9. The van der Waals surface area contributed by atoms with Crippen LogP contribution in [0.5, 0.6) is 0 Å². The van der Waals surface area contributed by atoms with Gasteiger partial charge >= 0.3 is 5.97 Å². The van der Waals surface area contributed by atoms with E-state index in [-0.39, 0.29) is 29.2 Å². The van der Waals surface area contributed by atoms with Crippen molar-refractivity contribution in [1.82, 2.24) is 14.6 Å². The number of benzene rings is 2. The lowest BCUT2D eigenvalue weighted by Gasteiger charge is -2.37. The number of rotatable bonds is 5. The van der Waals surface area contributed by atoms with Crippen molar-refractivity contribution < 1.29 is 9.53 Å². The zero-order valence-corrected chi connectivity index (χ0v) is 22.9. The van der Waals surface area contributed by atoms with E-state index in [2.05, 4.69) is 81.1 Å². The average molecular weight is 510 g/mol. The molecule has 4 aromatic rings. The normalized spacial score (nSPS) is 21.3. The Labute approximate surface area is 224 Å². The number of aryl methyl sites for hydroxylation is 3. The van der Waals surface area contributed by atoms with Crippen molar-refractivity contribution in [3.8, 4) is 11.4 Å². The summed E-state index contributed by atoms with van der Waals surface area (Å²) in [6.07, 6.45) is 3.51. The van der Waals surface area contributed by atoms with Crippen molar-refractivity contribution >= 4 is 28.7 Å². The number of nitrogens with one attached hydrogen (secondary N) is 2. The lowest BCUT2D eigenvalue weighted by Crippen LogP contribution is -2.37. The Hall–Kier alpha value is -4.05. The van der Waals surface area contributed by atoms with Gasteiger partial charge < -0.3 is 10.1 Å². The minimum Gasteiger partial charge on any atom is -0.459 e. The van der Waals surface area contributed by atoms with E-state index in [0.717, 1.165) is 35.3 Å². The van der Waals surface area contributed by atoms with Crippen LogP contribution in [0.2, 0.25) is 0 Å². The maximum Gasteiger partial charge on any atom is 0.331 e. The van der Waals surface area contributed by atoms with Gasteiger partial charge in [-0.25, -0.2) is 14.6 Å². The first-order valence-corrected chi connectivity index (χ1v) is 13.3. The summed E-state index contributed by atoms with van der Waals surface area (Å²) in [7, 11) is 0. The fourth-order valence-corrected chi connectivity index (χ4v) is 5.86. The van der Waals surface area contributed by atoms with E-state index in [1.54, 1.807) is 10.7 Å². The number of nitrogens with zero attached hydrogens (tertiary/aromatic N) is 3. The molecule has 0 saturated heterocycles. The third kappa shape index (κ3) is 4.79. The van der Waals surface area contributed by atoms with Crippen LogP contribution < -0.4 is 5.32 Å². The van der Waals surface area contributed by atoms with Gasteiger partial charge in [0.2, 0.25) is 5.69 Å². The lowest BCUT2D eigenvalue weighted by atomic mass is 9.75. The minimum atomic E-state index is -0.476. The van der Waals surface area contributed by atoms with E-state index < -0.39 is 5.97 Å². The van der Waals surface area contributed by atoms with Gasteiger partial charge in [0.25, 0.3) is 0 Å². The van der Waals surface area contributed by atoms with Crippen molar-refractivity contribution in [3.05, 3.63) is 76.3 Å². The predicted molar refractivity (Wildman–Crippen MR) is 151 cm³/mol. The summed E-state index contributed by atoms with van der Waals surface area (Å²) in [5.74, 6) is 1.31. The lowest BCUT2D eigenvalue weighted by molar-refractivity contribution is -0.0249. The van der Waals surface area contributed by atoms with Crippen molar-refractivity contribution in [3.63, 3.8) is 0 Å². The fourth-order valence-electron chi connectivity index (χ4n) is 5.86. The van der Waals surface area contributed by atoms with Gasteiger partial charge in [0, 0.05) is 23.1 Å². The monoisotopic (exact) mass is 509 g/mol. The van der Waals surface area contributed by atoms with Crippen LogP contribution in [0, 0.1) is 45.1 Å². The Morgan fingerprint density at radius 2 is 1.71 bits per heavy atom. The first-order chi connectivity index (χ1) is 18.1. The molecular formula is C31H35N5O2. The summed E-state index contributed by atoms with van der Waals surface area (Å²) in [4.78, 5) is 21.8. The van der Waals surface area contributed by atoms with Crippen LogP contribution in [0.15, 0.2) is 42.6 Å². The zero-order chi connectivity index (χ0) is 27.1. The number of aromatic amines is 1. The highest BCUT2D eigenvalue weighted by atomic mass is 16.5. The number of ether oxygens (including phenoxy) is 1. The molecule has 0 radical (unpaired) electrons. The van der Waals surface area contributed by atoms with Crippen LogP contribution in [0.1, 0.15) is 60.7 Å². The maximum atomic E-state index is 13.4. The maximum absolute atomic E-state index is 13.4. The molecule has 2 unspecified atom stereocenters. The molecule has 2 heterocycles. The molecule has 1 aliphatic rings. The van der Waals surface area contributed by atoms with Gasteiger partial charge in [-0.15, -0.1) is 0 Å². The van der Waals surface area contributed by atoms with E-state index in [1.165, 1.54) is 11.1 Å². The molecule has 0 spiro atoms. The molecule has 196 valence electrons. The summed E-state index contributed by atoms with van der Waals surface area (Å²) < 4.78 is 7.68. The molecule has 1 saturated carbocycles. The third-order valence-electron chi connectivity index (χ3n) is 7.81. The predicted octanol–water partition coefficient (Wildman–Crippen LogP) is 7.78. The molecule has 2 atom stereocenters. The number of anilines is 2. The van der Waals surface area contributed by atoms with Gasteiger partial charge in [0.1, 0.15) is 11.7 Å². The van der Waals surface area contributed by atoms with E-state index in [1.807, 2.05) is 12.1 Å². The highest BCUT2D eigenvalue weighted by Crippen LogP contribution is 2.37. The number of aromatic nitrogens is 3. The second-order valence-corrected chi connectivity index (χ2v) is 11.1. The second kappa shape index (κ2) is 10.0. The minimum absolute atomic E-state index is 0.165. The molecule has 0 bridgehead atoms. The summed E-state index contributed by atoms with van der Waals surface area (Å²) >= 11 is 0. The van der Waals surface area contributed by atoms with Gasteiger partial charge in [-0.05, 0) is 80.2 Å². The molecule has 0 amide bonds. The SMILES string of the molecule is [C-]#[N+]c1cn2[nH]c(-c3ccc(C)c(Nc4cc(C)ccc4C)c3)nc2c1C(=O)OC1C(C)CC(C)CC1C. The first-order valence-electron chi connectivity index (χ1n) is 13.3. The van der Waals surface area contributed by atoms with Crippen molar-refractivity contribution in [2.45, 2.75) is 60.5 Å². The smallest absolute Gasteiger partial charge is 0.331 e. The highest BCUT2D eigenvalue weighted by Gasteiger charge is 2.35. The molecule has 7 heteroatoms. The topological polar surface area (TPSA) is 75.8 Å². The van der Waals surface area contributed by atoms with Crippen LogP contribution in [0.25, 0.3) is 21.9 Å². The quantitative estimate of drug-likeness (QED) is 0.213. The summed E-state index contributed by atoms with van der Waals surface area (Å²) in [6, 6.07) is 12.4. The molecule has 0 aliphatic heterocycles. The summed E-state index contributed by atoms with van der Waals surface area (Å²) in [5, 5.41) is 6.81. The van der Waals surface area contributed by atoms with Crippen molar-refractivity contribution in [2.75, 3.05) is 5.32 Å². The Bertz CT molecular complexity index is 1540. The molecule has 2 N–H and O–H groups in total. The Morgan fingerprint density at radius 3 is 2.39 bits per heavy atom.